The van der Waals surface area contributed by atoms with E-state index >= 15 is 0 Å². The lowest BCUT2D eigenvalue weighted by Crippen LogP contribution is -2.18. The second-order valence-electron chi connectivity index (χ2n) is 5.10. The van der Waals surface area contributed by atoms with Gasteiger partial charge < -0.3 is 9.47 Å². The van der Waals surface area contributed by atoms with Crippen LogP contribution in [0.15, 0.2) is 48.7 Å². The highest BCUT2D eigenvalue weighted by molar-refractivity contribution is 5.83. The third-order valence-electron chi connectivity index (χ3n) is 3.79. The zero-order chi connectivity index (χ0) is 17.3. The van der Waals surface area contributed by atoms with Crippen LogP contribution in [0, 0.1) is 15.5 Å². The zero-order valence-electron chi connectivity index (χ0n) is 13.1. The molecule has 1 heterocycles. The van der Waals surface area contributed by atoms with Crippen molar-refractivity contribution < 1.29 is 14.4 Å². The monoisotopic (exact) mass is 325 g/mol. The molecule has 24 heavy (non-hydrogen) atoms. The number of aromatic nitrogens is 1. The fraction of sp³-hybridized carbons (Fsp3) is 0.118. The Kier molecular flexibility index (Phi) is 3.91. The van der Waals surface area contributed by atoms with Gasteiger partial charge in [0.1, 0.15) is 17.0 Å². The minimum atomic E-state index is -0.468. The van der Waals surface area contributed by atoms with Crippen molar-refractivity contribution in [1.82, 2.24) is 4.57 Å². The van der Waals surface area contributed by atoms with Crippen molar-refractivity contribution >= 4 is 16.5 Å². The van der Waals surface area contributed by atoms with E-state index in [1.165, 1.54) is 19.2 Å². The van der Waals surface area contributed by atoms with E-state index in [1.54, 1.807) is 48.2 Å². The lowest BCUT2D eigenvalue weighted by atomic mass is 10.1. The molecule has 0 fully saturated rings. The van der Waals surface area contributed by atoms with Crippen LogP contribution >= 0.6 is 0 Å². The highest BCUT2D eigenvalue weighted by atomic mass is 16.6. The highest BCUT2D eigenvalue weighted by Crippen LogP contribution is 2.27. The van der Waals surface area contributed by atoms with E-state index < -0.39 is 4.92 Å². The van der Waals surface area contributed by atoms with Crippen molar-refractivity contribution in [2.75, 3.05) is 14.2 Å². The second-order valence-corrected chi connectivity index (χ2v) is 5.10. The van der Waals surface area contributed by atoms with E-state index in [4.69, 9.17) is 14.9 Å². The second kappa shape index (κ2) is 6.04. The van der Waals surface area contributed by atoms with Crippen LogP contribution in [0.5, 0.6) is 11.5 Å². The number of hydrogen-bond donors (Lipinski definition) is 1. The lowest BCUT2D eigenvalue weighted by molar-refractivity contribution is -0.384. The first-order valence-corrected chi connectivity index (χ1v) is 7.12. The quantitative estimate of drug-likeness (QED) is 0.589. The third kappa shape index (κ3) is 2.56. The molecule has 0 aliphatic heterocycles. The Bertz CT molecular complexity index is 995. The van der Waals surface area contributed by atoms with Gasteiger partial charge in [-0.25, -0.2) is 0 Å². The molecule has 3 rings (SSSR count). The molecule has 0 spiro atoms. The molecule has 3 aromatic rings. The summed E-state index contributed by atoms with van der Waals surface area (Å²) in [6, 6.07) is 11.5. The number of fused-ring (bicyclic) bond motifs is 1. The molecule has 0 saturated carbocycles. The Balaban J connectivity index is 2.26. The Morgan fingerprint density at radius 1 is 1.08 bits per heavy atom. The van der Waals surface area contributed by atoms with E-state index in [9.17, 15) is 10.1 Å². The van der Waals surface area contributed by atoms with Crippen LogP contribution in [0.3, 0.4) is 0 Å². The summed E-state index contributed by atoms with van der Waals surface area (Å²) in [6.07, 6.45) is 1.74. The van der Waals surface area contributed by atoms with Gasteiger partial charge in [0, 0.05) is 29.8 Å². The number of non-ortho nitro benzene ring substituents is 1. The Morgan fingerprint density at radius 3 is 2.54 bits per heavy atom. The van der Waals surface area contributed by atoms with Crippen molar-refractivity contribution in [3.63, 3.8) is 0 Å². The van der Waals surface area contributed by atoms with Crippen LogP contribution < -0.4 is 15.0 Å². The normalized spacial score (nSPS) is 10.6. The first-order chi connectivity index (χ1) is 11.5. The molecule has 2 aromatic carbocycles. The number of rotatable bonds is 4. The summed E-state index contributed by atoms with van der Waals surface area (Å²) in [5.41, 5.74) is 0.742. The van der Waals surface area contributed by atoms with Gasteiger partial charge >= 0.3 is 0 Å². The predicted molar refractivity (Wildman–Crippen MR) is 88.9 cm³/mol. The van der Waals surface area contributed by atoms with Crippen molar-refractivity contribution in [2.24, 2.45) is 0 Å². The number of hydrogen-bond acceptors (Lipinski definition) is 5. The first kappa shape index (κ1) is 15.5. The SMILES string of the molecule is COc1ccc(-n2ccc3ccc([N+](=O)[O-])cc3c2=N)c(OC)c1. The fourth-order valence-electron chi connectivity index (χ4n) is 2.55. The molecule has 0 aliphatic carbocycles. The van der Waals surface area contributed by atoms with Gasteiger partial charge in [0.25, 0.3) is 5.69 Å². The van der Waals surface area contributed by atoms with Crippen LogP contribution in [0.25, 0.3) is 16.5 Å². The zero-order valence-corrected chi connectivity index (χ0v) is 13.1. The summed E-state index contributed by atoms with van der Waals surface area (Å²) in [5, 5.41) is 20.7. The van der Waals surface area contributed by atoms with Crippen LogP contribution in [-0.2, 0) is 0 Å². The third-order valence-corrected chi connectivity index (χ3v) is 3.79. The maximum atomic E-state index is 11.0. The topological polar surface area (TPSA) is 90.4 Å². The minimum Gasteiger partial charge on any atom is -0.497 e. The summed E-state index contributed by atoms with van der Waals surface area (Å²) >= 11 is 0. The summed E-state index contributed by atoms with van der Waals surface area (Å²) in [7, 11) is 3.10. The Morgan fingerprint density at radius 2 is 1.88 bits per heavy atom. The standard InChI is InChI=1S/C17H15N3O4/c1-23-13-5-6-15(16(10-13)24-2)19-8-7-11-3-4-12(20(21)22)9-14(11)17(19)18/h3-10,18H,1-2H3. The smallest absolute Gasteiger partial charge is 0.270 e. The molecular weight excluding hydrogens is 310 g/mol. The van der Waals surface area contributed by atoms with E-state index in [2.05, 4.69) is 0 Å². The molecule has 0 saturated heterocycles. The molecule has 7 nitrogen and oxygen atoms in total. The van der Waals surface area contributed by atoms with Gasteiger partial charge in [0.2, 0.25) is 0 Å². The number of methoxy groups -OCH3 is 2. The Labute approximate surface area is 137 Å². The van der Waals surface area contributed by atoms with Gasteiger partial charge in [0.15, 0.2) is 0 Å². The Hall–Kier alpha value is -3.35. The predicted octanol–water partition coefficient (Wildman–Crippen LogP) is 3.04. The molecule has 122 valence electrons. The highest BCUT2D eigenvalue weighted by Gasteiger charge is 2.12. The van der Waals surface area contributed by atoms with Crippen molar-refractivity contribution in [3.05, 3.63) is 64.3 Å². The number of nitrogens with zero attached hydrogens (tertiary/aromatic N) is 2. The number of nitro groups is 1. The van der Waals surface area contributed by atoms with Gasteiger partial charge in [-0.3, -0.25) is 20.1 Å². The average molecular weight is 325 g/mol. The maximum absolute atomic E-state index is 11.0. The fourth-order valence-corrected chi connectivity index (χ4v) is 2.55. The van der Waals surface area contributed by atoms with Crippen molar-refractivity contribution in [2.45, 2.75) is 0 Å². The van der Waals surface area contributed by atoms with Gasteiger partial charge in [-0.05, 0) is 29.7 Å². The molecule has 0 aliphatic rings. The first-order valence-electron chi connectivity index (χ1n) is 7.12. The molecule has 1 N–H and O–H groups in total. The molecule has 7 heteroatoms. The van der Waals surface area contributed by atoms with E-state index in [1.807, 2.05) is 0 Å². The van der Waals surface area contributed by atoms with Crippen LogP contribution in [0.2, 0.25) is 0 Å². The van der Waals surface area contributed by atoms with Crippen LogP contribution in [0.1, 0.15) is 0 Å². The van der Waals surface area contributed by atoms with Gasteiger partial charge in [-0.1, -0.05) is 0 Å². The molecule has 0 amide bonds. The minimum absolute atomic E-state index is 0.0459. The molecule has 0 radical (unpaired) electrons. The van der Waals surface area contributed by atoms with Crippen LogP contribution in [0.4, 0.5) is 5.69 Å². The summed E-state index contributed by atoms with van der Waals surface area (Å²) in [5.74, 6) is 1.18. The van der Waals surface area contributed by atoms with Gasteiger partial charge in [0.05, 0.1) is 24.8 Å². The van der Waals surface area contributed by atoms with E-state index in [0.29, 0.717) is 22.6 Å². The summed E-state index contributed by atoms with van der Waals surface area (Å²) in [4.78, 5) is 10.5. The number of nitro benzene ring substituents is 1. The lowest BCUT2D eigenvalue weighted by Gasteiger charge is -2.14. The summed E-state index contributed by atoms with van der Waals surface area (Å²) < 4.78 is 12.2. The molecule has 1 aromatic heterocycles. The van der Waals surface area contributed by atoms with E-state index in [0.717, 1.165) is 5.39 Å². The molecular formula is C17H15N3O4. The largest absolute Gasteiger partial charge is 0.497 e. The maximum Gasteiger partial charge on any atom is 0.270 e. The van der Waals surface area contributed by atoms with Crippen molar-refractivity contribution in [1.29, 1.82) is 5.41 Å². The number of nitrogens with one attached hydrogen (secondary N) is 1. The van der Waals surface area contributed by atoms with Gasteiger partial charge in [-0.15, -0.1) is 0 Å². The van der Waals surface area contributed by atoms with E-state index in [-0.39, 0.29) is 11.2 Å². The van der Waals surface area contributed by atoms with Gasteiger partial charge in [-0.2, -0.15) is 0 Å². The summed E-state index contributed by atoms with van der Waals surface area (Å²) in [6.45, 7) is 0. The van der Waals surface area contributed by atoms with Crippen LogP contribution in [-0.4, -0.2) is 23.7 Å². The molecule has 0 unspecified atom stereocenters. The number of ether oxygens (including phenoxy) is 2. The number of pyridine rings is 1. The average Bonchev–Trinajstić information content (AvgIpc) is 2.61. The van der Waals surface area contributed by atoms with Crippen molar-refractivity contribution in [3.8, 4) is 17.2 Å². The number of benzene rings is 2. The molecule has 0 atom stereocenters. The molecule has 0 bridgehead atoms.